The minimum absolute atomic E-state index is 0.607. The summed E-state index contributed by atoms with van der Waals surface area (Å²) < 4.78 is 6.25. The van der Waals surface area contributed by atoms with E-state index >= 15 is 0 Å². The molecule has 0 unspecified atom stereocenters. The third-order valence-corrected chi connectivity index (χ3v) is 9.49. The Morgan fingerprint density at radius 3 is 1.65 bits per heavy atom. The number of nitrogens with zero attached hydrogens (tertiary/aromatic N) is 3. The SMILES string of the molecule is c1ccc2cc(-c3ccc4c(-c5nc(-c6ccc7ccccc7c6)nc(-c6cccc7oc8ccccc8c67)n5)cccc4c3)ccc2c1. The van der Waals surface area contributed by atoms with Crippen LogP contribution in [-0.4, -0.2) is 15.0 Å². The molecule has 4 nitrogen and oxygen atoms in total. The highest BCUT2D eigenvalue weighted by Crippen LogP contribution is 2.38. The zero-order valence-electron chi connectivity index (χ0n) is 26.3. The number of furan rings is 1. The summed E-state index contributed by atoms with van der Waals surface area (Å²) in [4.78, 5) is 15.5. The van der Waals surface area contributed by atoms with Crippen LogP contribution in [0.5, 0.6) is 0 Å². The number of fused-ring (bicyclic) bond motifs is 6. The lowest BCUT2D eigenvalue weighted by Crippen LogP contribution is -2.01. The standard InChI is InChI=1S/C45H27N3O/c1-3-11-30-25-32(21-19-28(30)9-1)33-23-24-36-34(26-33)13-7-15-37(36)44-46-43(35-22-20-29-10-2-4-12-31(29)27-35)47-45(48-44)39-16-8-18-41-42(39)38-14-5-6-17-40(38)49-41/h1-27H. The first-order valence-electron chi connectivity index (χ1n) is 16.4. The third kappa shape index (κ3) is 4.65. The van der Waals surface area contributed by atoms with Crippen molar-refractivity contribution in [2.75, 3.05) is 0 Å². The van der Waals surface area contributed by atoms with Crippen molar-refractivity contribution in [1.82, 2.24) is 15.0 Å². The lowest BCUT2D eigenvalue weighted by molar-refractivity contribution is 0.669. The molecule has 10 aromatic rings. The Hall–Kier alpha value is -6.65. The Balaban J connectivity index is 1.18. The Morgan fingerprint density at radius 1 is 0.327 bits per heavy atom. The van der Waals surface area contributed by atoms with E-state index in [1.807, 2.05) is 30.3 Å². The van der Waals surface area contributed by atoms with Crippen molar-refractivity contribution in [2.45, 2.75) is 0 Å². The highest BCUT2D eigenvalue weighted by molar-refractivity contribution is 6.12. The maximum atomic E-state index is 6.25. The van der Waals surface area contributed by atoms with E-state index in [0.717, 1.165) is 54.8 Å². The molecule has 0 spiro atoms. The fourth-order valence-corrected chi connectivity index (χ4v) is 7.06. The molecule has 0 saturated carbocycles. The maximum absolute atomic E-state index is 6.25. The monoisotopic (exact) mass is 625 g/mol. The van der Waals surface area contributed by atoms with Crippen LogP contribution in [0.25, 0.3) is 99.5 Å². The molecule has 0 radical (unpaired) electrons. The molecule has 0 saturated heterocycles. The first-order valence-corrected chi connectivity index (χ1v) is 16.4. The van der Waals surface area contributed by atoms with Crippen molar-refractivity contribution in [3.63, 3.8) is 0 Å². The number of benzene rings is 8. The van der Waals surface area contributed by atoms with Crippen LogP contribution in [-0.2, 0) is 0 Å². The van der Waals surface area contributed by atoms with Gasteiger partial charge >= 0.3 is 0 Å². The largest absolute Gasteiger partial charge is 0.456 e. The highest BCUT2D eigenvalue weighted by Gasteiger charge is 2.19. The van der Waals surface area contributed by atoms with Gasteiger partial charge in [-0.15, -0.1) is 0 Å². The Morgan fingerprint density at radius 2 is 0.857 bits per heavy atom. The van der Waals surface area contributed by atoms with Gasteiger partial charge in [0.1, 0.15) is 11.2 Å². The summed E-state index contributed by atoms with van der Waals surface area (Å²) in [6, 6.07) is 57.1. The van der Waals surface area contributed by atoms with Crippen molar-refractivity contribution in [1.29, 1.82) is 0 Å². The van der Waals surface area contributed by atoms with Gasteiger partial charge in [0.05, 0.1) is 0 Å². The van der Waals surface area contributed by atoms with Gasteiger partial charge < -0.3 is 4.42 Å². The fraction of sp³-hybridized carbons (Fsp3) is 0. The molecule has 0 fully saturated rings. The average Bonchev–Trinajstić information content (AvgIpc) is 3.56. The molecule has 0 amide bonds. The minimum atomic E-state index is 0.607. The van der Waals surface area contributed by atoms with E-state index in [1.54, 1.807) is 0 Å². The van der Waals surface area contributed by atoms with Gasteiger partial charge in [-0.3, -0.25) is 0 Å². The highest BCUT2D eigenvalue weighted by atomic mass is 16.3. The summed E-state index contributed by atoms with van der Waals surface area (Å²) in [5.74, 6) is 1.86. The summed E-state index contributed by atoms with van der Waals surface area (Å²) in [6.07, 6.45) is 0. The summed E-state index contributed by atoms with van der Waals surface area (Å²) in [5, 5.41) is 9.02. The van der Waals surface area contributed by atoms with Crippen molar-refractivity contribution in [3.05, 3.63) is 164 Å². The summed E-state index contributed by atoms with van der Waals surface area (Å²) in [7, 11) is 0. The van der Waals surface area contributed by atoms with Gasteiger partial charge in [0.2, 0.25) is 0 Å². The number of para-hydroxylation sites is 1. The number of hydrogen-bond donors (Lipinski definition) is 0. The van der Waals surface area contributed by atoms with E-state index in [-0.39, 0.29) is 0 Å². The lowest BCUT2D eigenvalue weighted by Gasteiger charge is -2.12. The van der Waals surface area contributed by atoms with Crippen LogP contribution in [0.3, 0.4) is 0 Å². The van der Waals surface area contributed by atoms with Crippen molar-refractivity contribution < 1.29 is 4.42 Å². The quantitative estimate of drug-likeness (QED) is 0.195. The molecule has 10 rings (SSSR count). The van der Waals surface area contributed by atoms with E-state index < -0.39 is 0 Å². The minimum Gasteiger partial charge on any atom is -0.456 e. The average molecular weight is 626 g/mol. The molecule has 0 aliphatic carbocycles. The number of rotatable bonds is 4. The van der Waals surface area contributed by atoms with Crippen LogP contribution in [0.2, 0.25) is 0 Å². The normalized spacial score (nSPS) is 11.7. The molecule has 4 heteroatoms. The molecule has 49 heavy (non-hydrogen) atoms. The molecule has 8 aromatic carbocycles. The van der Waals surface area contributed by atoms with Crippen LogP contribution >= 0.6 is 0 Å². The molecule has 0 aliphatic rings. The second-order valence-corrected chi connectivity index (χ2v) is 12.4. The summed E-state index contributed by atoms with van der Waals surface area (Å²) in [6.45, 7) is 0. The molecular formula is C45H27N3O. The molecular weight excluding hydrogens is 599 g/mol. The Bertz CT molecular complexity index is 2900. The van der Waals surface area contributed by atoms with Crippen LogP contribution in [0.4, 0.5) is 0 Å². The first kappa shape index (κ1) is 27.5. The number of aromatic nitrogens is 3. The van der Waals surface area contributed by atoms with E-state index in [0.29, 0.717) is 17.5 Å². The van der Waals surface area contributed by atoms with E-state index in [2.05, 4.69) is 133 Å². The predicted molar refractivity (Wildman–Crippen MR) is 201 cm³/mol. The molecule has 2 aromatic heterocycles. The van der Waals surface area contributed by atoms with E-state index in [1.165, 1.54) is 27.3 Å². The van der Waals surface area contributed by atoms with Gasteiger partial charge in [-0.2, -0.15) is 0 Å². The van der Waals surface area contributed by atoms with Crippen LogP contribution in [0.15, 0.2) is 168 Å². The fourth-order valence-electron chi connectivity index (χ4n) is 7.06. The van der Waals surface area contributed by atoms with Crippen molar-refractivity contribution in [2.24, 2.45) is 0 Å². The third-order valence-electron chi connectivity index (χ3n) is 9.49. The van der Waals surface area contributed by atoms with E-state index in [4.69, 9.17) is 19.4 Å². The molecule has 0 N–H and O–H groups in total. The topological polar surface area (TPSA) is 51.8 Å². The summed E-state index contributed by atoms with van der Waals surface area (Å²) in [5.41, 5.74) is 6.80. The predicted octanol–water partition coefficient (Wildman–Crippen LogP) is 11.9. The van der Waals surface area contributed by atoms with Crippen LogP contribution in [0.1, 0.15) is 0 Å². The zero-order chi connectivity index (χ0) is 32.3. The Labute approximate surface area is 282 Å². The van der Waals surface area contributed by atoms with Crippen LogP contribution in [0, 0.1) is 0 Å². The van der Waals surface area contributed by atoms with Crippen molar-refractivity contribution >= 4 is 54.3 Å². The van der Waals surface area contributed by atoms with Gasteiger partial charge in [-0.25, -0.2) is 15.0 Å². The van der Waals surface area contributed by atoms with Gasteiger partial charge in [0.25, 0.3) is 0 Å². The van der Waals surface area contributed by atoms with Gasteiger partial charge in [0.15, 0.2) is 17.5 Å². The second kappa shape index (κ2) is 11.0. The van der Waals surface area contributed by atoms with Gasteiger partial charge in [-0.1, -0.05) is 133 Å². The molecule has 0 bridgehead atoms. The van der Waals surface area contributed by atoms with Gasteiger partial charge in [-0.05, 0) is 73.8 Å². The van der Waals surface area contributed by atoms with Gasteiger partial charge in [0, 0.05) is 27.5 Å². The lowest BCUT2D eigenvalue weighted by atomic mass is 9.96. The smallest absolute Gasteiger partial charge is 0.164 e. The second-order valence-electron chi connectivity index (χ2n) is 12.4. The molecule has 2 heterocycles. The molecule has 228 valence electrons. The number of hydrogen-bond acceptors (Lipinski definition) is 4. The van der Waals surface area contributed by atoms with Crippen molar-refractivity contribution in [3.8, 4) is 45.3 Å². The zero-order valence-corrected chi connectivity index (χ0v) is 26.3. The summed E-state index contributed by atoms with van der Waals surface area (Å²) >= 11 is 0. The Kier molecular flexibility index (Phi) is 6.15. The van der Waals surface area contributed by atoms with E-state index in [9.17, 15) is 0 Å². The molecule has 0 aliphatic heterocycles. The first-order chi connectivity index (χ1) is 24.2. The maximum Gasteiger partial charge on any atom is 0.164 e. The van der Waals surface area contributed by atoms with Crippen LogP contribution < -0.4 is 0 Å². The molecule has 0 atom stereocenters.